The summed E-state index contributed by atoms with van der Waals surface area (Å²) in [7, 11) is 0. The van der Waals surface area contributed by atoms with Crippen LogP contribution in [0.25, 0.3) is 10.9 Å². The third kappa shape index (κ3) is 1.82. The molecule has 3 N–H and O–H groups in total. The number of nitrogens with two attached hydrogens (primary N) is 1. The average molecular weight is 270 g/mol. The molecule has 1 saturated carbocycles. The van der Waals surface area contributed by atoms with E-state index >= 15 is 0 Å². The van der Waals surface area contributed by atoms with Crippen molar-refractivity contribution in [2.75, 3.05) is 17.6 Å². The summed E-state index contributed by atoms with van der Waals surface area (Å²) in [5, 5.41) is 4.51. The molecule has 1 aromatic heterocycles. The monoisotopic (exact) mass is 270 g/mol. The lowest BCUT2D eigenvalue weighted by Crippen LogP contribution is -2.09. The molecule has 1 fully saturated rings. The van der Waals surface area contributed by atoms with Gasteiger partial charge < -0.3 is 11.1 Å². The van der Waals surface area contributed by atoms with Gasteiger partial charge in [0.25, 0.3) is 0 Å². The first-order chi connectivity index (χ1) is 9.34. The fourth-order valence-electron chi connectivity index (χ4n) is 3.26. The van der Waals surface area contributed by atoms with Crippen molar-refractivity contribution in [1.82, 2.24) is 9.97 Å². The molecular weight excluding hydrogens is 248 g/mol. The van der Waals surface area contributed by atoms with E-state index < -0.39 is 0 Å². The second-order valence-electron chi connectivity index (χ2n) is 6.88. The molecule has 0 saturated heterocycles. The number of hydrogen-bond donors (Lipinski definition) is 2. The number of nitrogen functional groups attached to an aromatic ring is 1. The van der Waals surface area contributed by atoms with Gasteiger partial charge in [-0.1, -0.05) is 27.7 Å². The van der Waals surface area contributed by atoms with Gasteiger partial charge in [0.2, 0.25) is 0 Å². The van der Waals surface area contributed by atoms with Crippen LogP contribution in [0.15, 0.2) is 24.5 Å². The fourth-order valence-corrected chi connectivity index (χ4v) is 3.26. The summed E-state index contributed by atoms with van der Waals surface area (Å²) in [5.41, 5.74) is 8.18. The van der Waals surface area contributed by atoms with E-state index in [0.29, 0.717) is 16.7 Å². The highest BCUT2D eigenvalue weighted by molar-refractivity contribution is 5.90. The number of anilines is 2. The topological polar surface area (TPSA) is 63.8 Å². The molecule has 0 unspecified atom stereocenters. The maximum atomic E-state index is 5.80. The van der Waals surface area contributed by atoms with Crippen LogP contribution < -0.4 is 11.1 Å². The zero-order valence-corrected chi connectivity index (χ0v) is 12.6. The molecular formula is C16H22N4. The van der Waals surface area contributed by atoms with Crippen LogP contribution in [0.3, 0.4) is 0 Å². The summed E-state index contributed by atoms with van der Waals surface area (Å²) in [5.74, 6) is 1.56. The van der Waals surface area contributed by atoms with Gasteiger partial charge in [0.1, 0.15) is 12.1 Å². The number of rotatable bonds is 3. The van der Waals surface area contributed by atoms with Crippen LogP contribution in [0.2, 0.25) is 0 Å². The first-order valence-electron chi connectivity index (χ1n) is 7.08. The van der Waals surface area contributed by atoms with Crippen LogP contribution in [0.1, 0.15) is 27.7 Å². The Kier molecular flexibility index (Phi) is 2.68. The average Bonchev–Trinajstić information content (AvgIpc) is 2.76. The van der Waals surface area contributed by atoms with Crippen molar-refractivity contribution < 1.29 is 0 Å². The van der Waals surface area contributed by atoms with Crippen molar-refractivity contribution in [3.8, 4) is 0 Å². The van der Waals surface area contributed by atoms with Crippen molar-refractivity contribution in [3.05, 3.63) is 24.5 Å². The van der Waals surface area contributed by atoms with E-state index in [1.165, 1.54) is 0 Å². The quantitative estimate of drug-likeness (QED) is 0.840. The molecule has 0 bridgehead atoms. The number of fused-ring (bicyclic) bond motifs is 1. The van der Waals surface area contributed by atoms with Crippen molar-refractivity contribution in [2.24, 2.45) is 16.7 Å². The summed E-state index contributed by atoms with van der Waals surface area (Å²) in [6.45, 7) is 10.3. The molecule has 20 heavy (non-hydrogen) atoms. The Labute approximate surface area is 119 Å². The van der Waals surface area contributed by atoms with Crippen LogP contribution in [0.5, 0.6) is 0 Å². The summed E-state index contributed by atoms with van der Waals surface area (Å²) in [6.07, 6.45) is 1.59. The van der Waals surface area contributed by atoms with E-state index in [1.54, 1.807) is 6.33 Å². The minimum atomic E-state index is 0.382. The van der Waals surface area contributed by atoms with Gasteiger partial charge in [0.15, 0.2) is 0 Å². The van der Waals surface area contributed by atoms with Crippen molar-refractivity contribution in [1.29, 1.82) is 0 Å². The SMILES string of the molecule is CC1(C)C(CNc2ncnc3cc(N)ccc23)C1(C)C. The normalized spacial score (nSPS) is 20.0. The Bertz CT molecular complexity index is 647. The smallest absolute Gasteiger partial charge is 0.137 e. The van der Waals surface area contributed by atoms with E-state index in [9.17, 15) is 0 Å². The van der Waals surface area contributed by atoms with Gasteiger partial charge in [0, 0.05) is 17.6 Å². The third-order valence-corrected chi connectivity index (χ3v) is 5.45. The van der Waals surface area contributed by atoms with E-state index in [4.69, 9.17) is 5.73 Å². The molecule has 0 aliphatic heterocycles. The molecule has 1 aromatic carbocycles. The maximum absolute atomic E-state index is 5.80. The van der Waals surface area contributed by atoms with E-state index in [2.05, 4.69) is 43.0 Å². The van der Waals surface area contributed by atoms with Gasteiger partial charge in [-0.2, -0.15) is 0 Å². The molecule has 0 spiro atoms. The number of nitrogens with zero attached hydrogens (tertiary/aromatic N) is 2. The first kappa shape index (κ1) is 13.2. The molecule has 3 rings (SSSR count). The molecule has 4 heteroatoms. The highest BCUT2D eigenvalue weighted by atomic mass is 15.0. The van der Waals surface area contributed by atoms with Crippen molar-refractivity contribution >= 4 is 22.4 Å². The molecule has 0 radical (unpaired) electrons. The predicted molar refractivity (Wildman–Crippen MR) is 83.5 cm³/mol. The molecule has 1 aliphatic carbocycles. The van der Waals surface area contributed by atoms with Gasteiger partial charge in [-0.3, -0.25) is 0 Å². The molecule has 2 aromatic rings. The maximum Gasteiger partial charge on any atom is 0.137 e. The Morgan fingerprint density at radius 2 is 1.85 bits per heavy atom. The first-order valence-corrected chi connectivity index (χ1v) is 7.08. The Morgan fingerprint density at radius 3 is 2.50 bits per heavy atom. The number of aromatic nitrogens is 2. The Hall–Kier alpha value is -1.84. The number of hydrogen-bond acceptors (Lipinski definition) is 4. The van der Waals surface area contributed by atoms with Gasteiger partial charge >= 0.3 is 0 Å². The standard InChI is InChI=1S/C16H22N4/c1-15(2)13(16(15,3)4)8-18-14-11-6-5-10(17)7-12(11)19-9-20-14/h5-7,9,13H,8,17H2,1-4H3,(H,18,19,20). The Balaban J connectivity index is 1.83. The van der Waals surface area contributed by atoms with Gasteiger partial charge in [-0.25, -0.2) is 9.97 Å². The third-order valence-electron chi connectivity index (χ3n) is 5.45. The van der Waals surface area contributed by atoms with Crippen LogP contribution in [-0.4, -0.2) is 16.5 Å². The van der Waals surface area contributed by atoms with Crippen LogP contribution in [-0.2, 0) is 0 Å². The van der Waals surface area contributed by atoms with Crippen LogP contribution in [0.4, 0.5) is 11.5 Å². The highest BCUT2D eigenvalue weighted by Crippen LogP contribution is 2.68. The molecule has 1 aliphatic rings. The van der Waals surface area contributed by atoms with E-state index in [-0.39, 0.29) is 0 Å². The summed E-state index contributed by atoms with van der Waals surface area (Å²) >= 11 is 0. The Morgan fingerprint density at radius 1 is 1.15 bits per heavy atom. The van der Waals surface area contributed by atoms with Gasteiger partial charge in [-0.05, 0) is 34.9 Å². The predicted octanol–water partition coefficient (Wildman–Crippen LogP) is 3.31. The van der Waals surface area contributed by atoms with E-state index in [0.717, 1.165) is 29.0 Å². The minimum Gasteiger partial charge on any atom is -0.399 e. The molecule has 106 valence electrons. The lowest BCUT2D eigenvalue weighted by molar-refractivity contribution is 0.457. The molecule has 0 atom stereocenters. The van der Waals surface area contributed by atoms with Gasteiger partial charge in [0.05, 0.1) is 5.52 Å². The lowest BCUT2D eigenvalue weighted by atomic mass is 10.0. The highest BCUT2D eigenvalue weighted by Gasteiger charge is 2.64. The number of nitrogens with one attached hydrogen (secondary N) is 1. The lowest BCUT2D eigenvalue weighted by Gasteiger charge is -2.09. The molecule has 0 amide bonds. The zero-order chi connectivity index (χ0) is 14.5. The van der Waals surface area contributed by atoms with Crippen molar-refractivity contribution in [3.63, 3.8) is 0 Å². The molecule has 4 nitrogen and oxygen atoms in total. The van der Waals surface area contributed by atoms with Gasteiger partial charge in [-0.15, -0.1) is 0 Å². The summed E-state index contributed by atoms with van der Waals surface area (Å²) in [6, 6.07) is 5.76. The second kappa shape index (κ2) is 4.08. The second-order valence-corrected chi connectivity index (χ2v) is 6.88. The zero-order valence-electron chi connectivity index (χ0n) is 12.6. The van der Waals surface area contributed by atoms with Crippen LogP contribution >= 0.6 is 0 Å². The minimum absolute atomic E-state index is 0.382. The van der Waals surface area contributed by atoms with Crippen LogP contribution in [0, 0.1) is 16.7 Å². The summed E-state index contributed by atoms with van der Waals surface area (Å²) < 4.78 is 0. The van der Waals surface area contributed by atoms with Crippen molar-refractivity contribution in [2.45, 2.75) is 27.7 Å². The van der Waals surface area contributed by atoms with E-state index in [1.807, 2.05) is 18.2 Å². The largest absolute Gasteiger partial charge is 0.399 e. The summed E-state index contributed by atoms with van der Waals surface area (Å²) in [4.78, 5) is 8.64. The number of benzene rings is 1. The molecule has 1 heterocycles. The fraction of sp³-hybridized carbons (Fsp3) is 0.500.